The third-order valence-electron chi connectivity index (χ3n) is 2.35. The van der Waals surface area contributed by atoms with Crippen LogP contribution in [0.3, 0.4) is 0 Å². The molecule has 0 radical (unpaired) electrons. The Balaban J connectivity index is 1.99. The van der Waals surface area contributed by atoms with Crippen LogP contribution in [-0.4, -0.2) is 31.6 Å². The average Bonchev–Trinajstić information content (AvgIpc) is 2.84. The van der Waals surface area contributed by atoms with Gasteiger partial charge in [-0.05, 0) is 13.8 Å². The number of aromatic nitrogens is 5. The minimum Gasteiger partial charge on any atom is -0.477 e. The van der Waals surface area contributed by atoms with Crippen LogP contribution in [0.1, 0.15) is 19.5 Å². The molecule has 0 spiro atoms. The van der Waals surface area contributed by atoms with E-state index in [1.54, 1.807) is 18.6 Å². The Bertz CT molecular complexity index is 498. The molecule has 1 N–H and O–H groups in total. The summed E-state index contributed by atoms with van der Waals surface area (Å²) < 4.78 is 7.11. The van der Waals surface area contributed by atoms with E-state index < -0.39 is 0 Å². The highest BCUT2D eigenvalue weighted by atomic mass is 16.5. The molecular weight excluding hydrogens is 232 g/mol. The maximum Gasteiger partial charge on any atom is 0.234 e. The van der Waals surface area contributed by atoms with Gasteiger partial charge in [0.1, 0.15) is 5.82 Å². The van der Waals surface area contributed by atoms with Crippen molar-refractivity contribution in [2.24, 2.45) is 0 Å². The highest BCUT2D eigenvalue weighted by Gasteiger charge is 2.03. The number of nitrogens with one attached hydrogen (secondary N) is 1. The molecular formula is C11H16N6O. The van der Waals surface area contributed by atoms with Crippen LogP contribution in [0.5, 0.6) is 5.88 Å². The number of aryl methyl sites for hydroxylation is 1. The molecule has 0 aromatic carbocycles. The lowest BCUT2D eigenvalue weighted by Gasteiger charge is -2.07. The number of nitrogens with zero attached hydrogens (tertiary/aromatic N) is 5. The second kappa shape index (κ2) is 5.95. The lowest BCUT2D eigenvalue weighted by molar-refractivity contribution is 0.325. The SMILES string of the molecule is CCOc1cncc(NCc2cnnn2CC)n1. The summed E-state index contributed by atoms with van der Waals surface area (Å²) in [6.45, 7) is 5.90. The van der Waals surface area contributed by atoms with Gasteiger partial charge in [-0.3, -0.25) is 4.98 Å². The van der Waals surface area contributed by atoms with Crippen LogP contribution in [0.4, 0.5) is 5.82 Å². The number of hydrogen-bond donors (Lipinski definition) is 1. The van der Waals surface area contributed by atoms with E-state index in [2.05, 4.69) is 25.6 Å². The smallest absolute Gasteiger partial charge is 0.234 e. The second-order valence-corrected chi connectivity index (χ2v) is 3.57. The Morgan fingerprint density at radius 1 is 1.28 bits per heavy atom. The average molecular weight is 248 g/mol. The quantitative estimate of drug-likeness (QED) is 0.824. The lowest BCUT2D eigenvalue weighted by atomic mass is 10.4. The fraction of sp³-hybridized carbons (Fsp3) is 0.455. The Kier molecular flexibility index (Phi) is 4.06. The van der Waals surface area contributed by atoms with Crippen molar-refractivity contribution < 1.29 is 4.74 Å². The molecule has 0 aliphatic carbocycles. The summed E-state index contributed by atoms with van der Waals surface area (Å²) in [6, 6.07) is 0. The molecule has 0 atom stereocenters. The summed E-state index contributed by atoms with van der Waals surface area (Å²) >= 11 is 0. The minimum absolute atomic E-state index is 0.518. The first-order valence-electron chi connectivity index (χ1n) is 5.89. The predicted octanol–water partition coefficient (Wildman–Crippen LogP) is 1.10. The van der Waals surface area contributed by atoms with Crippen molar-refractivity contribution in [3.8, 4) is 5.88 Å². The zero-order valence-electron chi connectivity index (χ0n) is 10.5. The molecule has 0 bridgehead atoms. The van der Waals surface area contributed by atoms with E-state index in [0.29, 0.717) is 24.8 Å². The highest BCUT2D eigenvalue weighted by Crippen LogP contribution is 2.10. The molecule has 0 fully saturated rings. The van der Waals surface area contributed by atoms with Crippen molar-refractivity contribution >= 4 is 5.82 Å². The third-order valence-corrected chi connectivity index (χ3v) is 2.35. The molecule has 2 heterocycles. The maximum absolute atomic E-state index is 5.28. The van der Waals surface area contributed by atoms with Crippen molar-refractivity contribution in [1.82, 2.24) is 25.0 Å². The summed E-state index contributed by atoms with van der Waals surface area (Å²) in [5, 5.41) is 11.0. The van der Waals surface area contributed by atoms with Gasteiger partial charge in [0, 0.05) is 6.54 Å². The van der Waals surface area contributed by atoms with E-state index >= 15 is 0 Å². The third kappa shape index (κ3) is 2.93. The second-order valence-electron chi connectivity index (χ2n) is 3.57. The van der Waals surface area contributed by atoms with Gasteiger partial charge in [-0.1, -0.05) is 5.21 Å². The summed E-state index contributed by atoms with van der Waals surface area (Å²) in [5.41, 5.74) is 1.00. The molecule has 18 heavy (non-hydrogen) atoms. The Morgan fingerprint density at radius 2 is 2.17 bits per heavy atom. The van der Waals surface area contributed by atoms with Crippen LogP contribution in [0, 0.1) is 0 Å². The molecule has 2 rings (SSSR count). The molecule has 0 aliphatic rings. The number of rotatable bonds is 6. The van der Waals surface area contributed by atoms with Crippen LogP contribution in [-0.2, 0) is 13.1 Å². The first kappa shape index (κ1) is 12.3. The van der Waals surface area contributed by atoms with Gasteiger partial charge in [-0.25, -0.2) is 4.68 Å². The predicted molar refractivity (Wildman–Crippen MR) is 66.2 cm³/mol. The molecule has 2 aromatic rings. The van der Waals surface area contributed by atoms with E-state index in [1.165, 1.54) is 0 Å². The molecule has 0 saturated heterocycles. The highest BCUT2D eigenvalue weighted by molar-refractivity contribution is 5.33. The van der Waals surface area contributed by atoms with Crippen LogP contribution in [0.2, 0.25) is 0 Å². The zero-order valence-corrected chi connectivity index (χ0v) is 10.5. The standard InChI is InChI=1S/C11H16N6O/c1-3-17-9(6-14-16-17)5-13-10-7-12-8-11(15-10)18-4-2/h6-8H,3-5H2,1-2H3,(H,13,15). The monoisotopic (exact) mass is 248 g/mol. The van der Waals surface area contributed by atoms with Gasteiger partial charge in [0.05, 0.1) is 37.4 Å². The van der Waals surface area contributed by atoms with Gasteiger partial charge in [0.25, 0.3) is 0 Å². The fourth-order valence-electron chi connectivity index (χ4n) is 1.51. The lowest BCUT2D eigenvalue weighted by Crippen LogP contribution is -2.09. The summed E-state index contributed by atoms with van der Waals surface area (Å²) in [4.78, 5) is 8.33. The van der Waals surface area contributed by atoms with E-state index in [9.17, 15) is 0 Å². The Labute approximate surface area is 105 Å². The van der Waals surface area contributed by atoms with E-state index in [4.69, 9.17) is 4.74 Å². The molecule has 7 heteroatoms. The molecule has 96 valence electrons. The molecule has 0 saturated carbocycles. The normalized spacial score (nSPS) is 10.3. The molecule has 2 aromatic heterocycles. The first-order valence-corrected chi connectivity index (χ1v) is 5.89. The van der Waals surface area contributed by atoms with Gasteiger partial charge >= 0.3 is 0 Å². The van der Waals surface area contributed by atoms with Gasteiger partial charge in [-0.15, -0.1) is 5.10 Å². The fourth-order valence-corrected chi connectivity index (χ4v) is 1.51. The molecule has 0 unspecified atom stereocenters. The van der Waals surface area contributed by atoms with Crippen LogP contribution in [0.15, 0.2) is 18.6 Å². The number of hydrogen-bond acceptors (Lipinski definition) is 6. The molecule has 7 nitrogen and oxygen atoms in total. The maximum atomic E-state index is 5.28. The van der Waals surface area contributed by atoms with Crippen molar-refractivity contribution in [1.29, 1.82) is 0 Å². The minimum atomic E-state index is 0.518. The van der Waals surface area contributed by atoms with Crippen molar-refractivity contribution in [2.75, 3.05) is 11.9 Å². The zero-order chi connectivity index (χ0) is 12.8. The Morgan fingerprint density at radius 3 is 2.94 bits per heavy atom. The van der Waals surface area contributed by atoms with Crippen LogP contribution >= 0.6 is 0 Å². The Hall–Kier alpha value is -2.18. The first-order chi connectivity index (χ1) is 8.83. The number of anilines is 1. The van der Waals surface area contributed by atoms with Crippen molar-refractivity contribution in [2.45, 2.75) is 26.9 Å². The number of ether oxygens (including phenoxy) is 1. The van der Waals surface area contributed by atoms with Gasteiger partial charge in [-0.2, -0.15) is 4.98 Å². The van der Waals surface area contributed by atoms with E-state index in [0.717, 1.165) is 12.2 Å². The molecule has 0 amide bonds. The van der Waals surface area contributed by atoms with Gasteiger partial charge in [0.2, 0.25) is 5.88 Å². The summed E-state index contributed by atoms with van der Waals surface area (Å²) in [5.74, 6) is 1.19. The summed E-state index contributed by atoms with van der Waals surface area (Å²) in [6.07, 6.45) is 4.98. The van der Waals surface area contributed by atoms with E-state index in [-0.39, 0.29) is 0 Å². The van der Waals surface area contributed by atoms with Crippen LogP contribution < -0.4 is 10.1 Å². The summed E-state index contributed by atoms with van der Waals surface area (Å²) in [7, 11) is 0. The van der Waals surface area contributed by atoms with Gasteiger partial charge < -0.3 is 10.1 Å². The van der Waals surface area contributed by atoms with Crippen LogP contribution in [0.25, 0.3) is 0 Å². The topological polar surface area (TPSA) is 77.8 Å². The van der Waals surface area contributed by atoms with Crippen molar-refractivity contribution in [3.05, 3.63) is 24.3 Å². The van der Waals surface area contributed by atoms with Gasteiger partial charge in [0.15, 0.2) is 0 Å². The largest absolute Gasteiger partial charge is 0.477 e. The molecule has 0 aliphatic heterocycles. The van der Waals surface area contributed by atoms with E-state index in [1.807, 2.05) is 18.5 Å². The van der Waals surface area contributed by atoms with Crippen molar-refractivity contribution in [3.63, 3.8) is 0 Å².